The number of ether oxygens (including phenoxy) is 4. The number of nitrogens with zero attached hydrogens (tertiary/aromatic N) is 4. The quantitative estimate of drug-likeness (QED) is 0.332. The summed E-state index contributed by atoms with van der Waals surface area (Å²) in [4.78, 5) is 11.6. The number of rotatable bonds is 12. The third-order valence-corrected chi connectivity index (χ3v) is 6.91. The molecule has 0 atom stereocenters. The Morgan fingerprint density at radius 3 is 2.39 bits per heavy atom. The van der Waals surface area contributed by atoms with Gasteiger partial charge in [-0.25, -0.2) is 0 Å². The fourth-order valence-electron chi connectivity index (χ4n) is 4.74. The molecule has 3 heterocycles. The lowest BCUT2D eigenvalue weighted by Gasteiger charge is -2.29. The molecule has 0 N–H and O–H groups in total. The Hall–Kier alpha value is -3.11. The number of benzene rings is 2. The van der Waals surface area contributed by atoms with Crippen LogP contribution in [0.3, 0.4) is 0 Å². The van der Waals surface area contributed by atoms with Gasteiger partial charge in [-0.15, -0.1) is 0 Å². The molecule has 0 aliphatic carbocycles. The van der Waals surface area contributed by atoms with E-state index in [4.69, 9.17) is 28.3 Å². The van der Waals surface area contributed by atoms with Crippen LogP contribution >= 0.6 is 0 Å². The molecule has 38 heavy (non-hydrogen) atoms. The van der Waals surface area contributed by atoms with Crippen LogP contribution in [0.25, 0.3) is 0 Å². The number of morpholine rings is 2. The number of methoxy groups -OCH3 is 1. The van der Waals surface area contributed by atoms with Gasteiger partial charge in [-0.05, 0) is 35.4 Å². The lowest BCUT2D eigenvalue weighted by molar-refractivity contribution is 0.0177. The van der Waals surface area contributed by atoms with E-state index in [1.165, 1.54) is 11.3 Å². The third kappa shape index (κ3) is 7.48. The fraction of sp³-hybridized carbons (Fsp3) is 0.483. The molecule has 2 aliphatic rings. The van der Waals surface area contributed by atoms with Gasteiger partial charge in [0.25, 0.3) is 6.01 Å². The molecule has 9 nitrogen and oxygen atoms in total. The van der Waals surface area contributed by atoms with E-state index in [0.29, 0.717) is 32.3 Å². The van der Waals surface area contributed by atoms with Crippen molar-refractivity contribution in [2.24, 2.45) is 0 Å². The van der Waals surface area contributed by atoms with Crippen LogP contribution in [-0.4, -0.2) is 82.8 Å². The molecule has 204 valence electrons. The van der Waals surface area contributed by atoms with Crippen molar-refractivity contribution in [1.29, 1.82) is 0 Å². The average molecular weight is 523 g/mol. The van der Waals surface area contributed by atoms with Crippen molar-refractivity contribution in [3.05, 3.63) is 71.6 Å². The van der Waals surface area contributed by atoms with Gasteiger partial charge in [0.2, 0.25) is 0 Å². The molecule has 2 aromatic carbocycles. The van der Waals surface area contributed by atoms with Crippen LogP contribution in [0.15, 0.2) is 59.2 Å². The Kier molecular flexibility index (Phi) is 9.49. The summed E-state index contributed by atoms with van der Waals surface area (Å²) in [6.07, 6.45) is 1.70. The summed E-state index contributed by atoms with van der Waals surface area (Å²) in [5.74, 6) is 0.832. The van der Waals surface area contributed by atoms with E-state index in [1.54, 1.807) is 13.4 Å². The summed E-state index contributed by atoms with van der Waals surface area (Å²) in [6, 6.07) is 17.4. The number of aromatic nitrogens is 1. The largest absolute Gasteiger partial charge is 0.497 e. The van der Waals surface area contributed by atoms with Crippen LogP contribution < -0.4 is 14.5 Å². The van der Waals surface area contributed by atoms with Crippen molar-refractivity contribution in [2.45, 2.75) is 19.7 Å². The van der Waals surface area contributed by atoms with E-state index in [1.807, 2.05) is 18.2 Å². The molecule has 1 aromatic heterocycles. The summed E-state index contributed by atoms with van der Waals surface area (Å²) in [6.45, 7) is 10.2. The van der Waals surface area contributed by atoms with Gasteiger partial charge in [-0.3, -0.25) is 4.90 Å². The number of hydrogen-bond donors (Lipinski definition) is 0. The van der Waals surface area contributed by atoms with Crippen molar-refractivity contribution < 1.29 is 23.4 Å². The Morgan fingerprint density at radius 2 is 1.63 bits per heavy atom. The van der Waals surface area contributed by atoms with Crippen LogP contribution in [0.1, 0.15) is 16.8 Å². The number of hydrogen-bond acceptors (Lipinski definition) is 9. The van der Waals surface area contributed by atoms with Crippen molar-refractivity contribution in [3.63, 3.8) is 0 Å². The first-order valence-corrected chi connectivity index (χ1v) is 13.4. The second-order valence-corrected chi connectivity index (χ2v) is 9.60. The maximum absolute atomic E-state index is 5.95. The molecule has 0 bridgehead atoms. The molecular weight excluding hydrogens is 484 g/mol. The van der Waals surface area contributed by atoms with E-state index < -0.39 is 0 Å². The van der Waals surface area contributed by atoms with Gasteiger partial charge in [0.15, 0.2) is 0 Å². The lowest BCUT2D eigenvalue weighted by atomic mass is 10.1. The van der Waals surface area contributed by atoms with Crippen molar-refractivity contribution in [1.82, 2.24) is 9.88 Å². The Balaban J connectivity index is 1.23. The van der Waals surface area contributed by atoms with Gasteiger partial charge < -0.3 is 33.2 Å². The van der Waals surface area contributed by atoms with Crippen LogP contribution in [0, 0.1) is 0 Å². The van der Waals surface area contributed by atoms with E-state index in [9.17, 15) is 0 Å². The highest BCUT2D eigenvalue weighted by atomic mass is 16.5. The zero-order valence-electron chi connectivity index (χ0n) is 22.2. The lowest BCUT2D eigenvalue weighted by Crippen LogP contribution is -2.38. The molecule has 0 amide bonds. The van der Waals surface area contributed by atoms with E-state index >= 15 is 0 Å². The van der Waals surface area contributed by atoms with Crippen LogP contribution in [0.5, 0.6) is 5.75 Å². The van der Waals surface area contributed by atoms with Gasteiger partial charge in [-0.2, -0.15) is 4.98 Å². The second kappa shape index (κ2) is 13.6. The predicted molar refractivity (Wildman–Crippen MR) is 146 cm³/mol. The van der Waals surface area contributed by atoms with Gasteiger partial charge in [0.1, 0.15) is 17.7 Å². The van der Waals surface area contributed by atoms with Gasteiger partial charge in [-0.1, -0.05) is 24.3 Å². The minimum Gasteiger partial charge on any atom is -0.497 e. The first-order valence-electron chi connectivity index (χ1n) is 13.4. The highest BCUT2D eigenvalue weighted by Gasteiger charge is 2.17. The number of anilines is 2. The molecule has 0 radical (unpaired) electrons. The maximum atomic E-state index is 5.95. The zero-order chi connectivity index (χ0) is 26.0. The van der Waals surface area contributed by atoms with Gasteiger partial charge >= 0.3 is 0 Å². The second-order valence-electron chi connectivity index (χ2n) is 9.60. The minimum absolute atomic E-state index is 0.426. The zero-order valence-corrected chi connectivity index (χ0v) is 22.2. The molecule has 0 spiro atoms. The normalized spacial score (nSPS) is 16.5. The van der Waals surface area contributed by atoms with Crippen LogP contribution in [0.2, 0.25) is 0 Å². The molecule has 0 saturated carbocycles. The highest BCUT2D eigenvalue weighted by molar-refractivity contribution is 5.48. The summed E-state index contributed by atoms with van der Waals surface area (Å²) >= 11 is 0. The molecule has 2 saturated heterocycles. The standard InChI is InChI=1S/C29H38N4O5/c1-34-28-4-2-3-25(19-28)21-33(20-24-5-7-27(8-6-24)32-12-17-36-18-13-32)29-30-26(23-38-29)22-37-16-11-31-9-14-35-15-10-31/h2-8,19,23H,9-18,20-22H2,1H3. The third-order valence-electron chi connectivity index (χ3n) is 6.91. The first-order chi connectivity index (χ1) is 18.8. The smallest absolute Gasteiger partial charge is 0.298 e. The maximum Gasteiger partial charge on any atom is 0.298 e. The molecule has 3 aromatic rings. The van der Waals surface area contributed by atoms with Crippen LogP contribution in [0.4, 0.5) is 11.7 Å². The van der Waals surface area contributed by atoms with Gasteiger partial charge in [0, 0.05) is 51.5 Å². The van der Waals surface area contributed by atoms with Crippen molar-refractivity contribution >= 4 is 11.7 Å². The average Bonchev–Trinajstić information content (AvgIpc) is 3.45. The fourth-order valence-corrected chi connectivity index (χ4v) is 4.74. The SMILES string of the molecule is COc1cccc(CN(Cc2ccc(N3CCOCC3)cc2)c2nc(COCCN3CCOCC3)co2)c1. The molecule has 5 rings (SSSR count). The Morgan fingerprint density at radius 1 is 0.895 bits per heavy atom. The van der Waals surface area contributed by atoms with E-state index in [2.05, 4.69) is 45.0 Å². The minimum atomic E-state index is 0.426. The molecule has 0 unspecified atom stereocenters. The monoisotopic (exact) mass is 522 g/mol. The van der Waals surface area contributed by atoms with Crippen molar-refractivity contribution in [3.8, 4) is 5.75 Å². The van der Waals surface area contributed by atoms with E-state index in [0.717, 1.165) is 76.2 Å². The Labute approximate surface area is 224 Å². The summed E-state index contributed by atoms with van der Waals surface area (Å²) in [7, 11) is 1.69. The van der Waals surface area contributed by atoms with E-state index in [-0.39, 0.29) is 0 Å². The first kappa shape index (κ1) is 26.5. The summed E-state index contributed by atoms with van der Waals surface area (Å²) < 4.78 is 28.2. The topological polar surface area (TPSA) is 72.7 Å². The highest BCUT2D eigenvalue weighted by Crippen LogP contribution is 2.24. The Bertz CT molecular complexity index is 1110. The predicted octanol–water partition coefficient (Wildman–Crippen LogP) is 3.58. The molecule has 9 heteroatoms. The van der Waals surface area contributed by atoms with Crippen LogP contribution in [-0.2, 0) is 33.9 Å². The molecular formula is C29H38N4O5. The van der Waals surface area contributed by atoms with Gasteiger partial charge in [0.05, 0.1) is 46.8 Å². The van der Waals surface area contributed by atoms with Crippen molar-refractivity contribution in [2.75, 3.05) is 82.7 Å². The number of oxazole rings is 1. The molecule has 2 aliphatic heterocycles. The summed E-state index contributed by atoms with van der Waals surface area (Å²) in [5, 5.41) is 0. The summed E-state index contributed by atoms with van der Waals surface area (Å²) in [5.41, 5.74) is 4.33. The molecule has 2 fully saturated rings.